The molecular formula is C28H24Cl2N2O3S. The molecule has 2 aromatic carbocycles. The van der Waals surface area contributed by atoms with E-state index in [-0.39, 0.29) is 5.91 Å². The van der Waals surface area contributed by atoms with Gasteiger partial charge in [-0.3, -0.25) is 4.79 Å². The van der Waals surface area contributed by atoms with Gasteiger partial charge < -0.3 is 14.5 Å². The van der Waals surface area contributed by atoms with Gasteiger partial charge in [-0.15, -0.1) is 11.3 Å². The molecule has 0 saturated heterocycles. The zero-order chi connectivity index (χ0) is 24.9. The maximum atomic E-state index is 13.2. The molecule has 1 aliphatic carbocycles. The van der Waals surface area contributed by atoms with Gasteiger partial charge in [0.25, 0.3) is 5.91 Å². The van der Waals surface area contributed by atoms with E-state index >= 15 is 0 Å². The number of nitrogens with zero attached hydrogens (tertiary/aromatic N) is 1. The van der Waals surface area contributed by atoms with Crippen LogP contribution in [0.3, 0.4) is 0 Å². The van der Waals surface area contributed by atoms with Crippen LogP contribution in [0, 0.1) is 0 Å². The number of carbonyl (C=O) groups is 1. The quantitative estimate of drug-likeness (QED) is 0.233. The van der Waals surface area contributed by atoms with E-state index in [0.717, 1.165) is 47.4 Å². The van der Waals surface area contributed by atoms with Crippen molar-refractivity contribution in [2.75, 3.05) is 0 Å². The maximum absolute atomic E-state index is 13.2. The Morgan fingerprint density at radius 3 is 2.81 bits per heavy atom. The third-order valence-electron chi connectivity index (χ3n) is 6.02. The number of hydrogen-bond donors (Lipinski definition) is 1. The minimum absolute atomic E-state index is 0.125. The molecule has 4 aromatic rings. The molecule has 8 heteroatoms. The van der Waals surface area contributed by atoms with Crippen molar-refractivity contribution in [2.24, 2.45) is 4.99 Å². The number of para-hydroxylation sites is 1. The minimum Gasteiger partial charge on any atom is -0.488 e. The number of benzene rings is 2. The first-order chi connectivity index (χ1) is 17.6. The van der Waals surface area contributed by atoms with Crippen molar-refractivity contribution in [3.8, 4) is 5.75 Å². The molecule has 0 fully saturated rings. The Bertz CT molecular complexity index is 1400. The van der Waals surface area contributed by atoms with E-state index in [1.54, 1.807) is 35.9 Å². The van der Waals surface area contributed by atoms with Gasteiger partial charge in [-0.2, -0.15) is 0 Å². The lowest BCUT2D eigenvalue weighted by atomic mass is 9.95. The first-order valence-corrected chi connectivity index (χ1v) is 13.3. The molecule has 0 unspecified atom stereocenters. The molecule has 2 heterocycles. The van der Waals surface area contributed by atoms with Crippen LogP contribution in [0.1, 0.15) is 50.5 Å². The van der Waals surface area contributed by atoms with Crippen LogP contribution < -0.4 is 10.1 Å². The Balaban J connectivity index is 1.38. The van der Waals surface area contributed by atoms with Crippen molar-refractivity contribution in [1.82, 2.24) is 5.32 Å². The molecular weight excluding hydrogens is 515 g/mol. The van der Waals surface area contributed by atoms with E-state index in [2.05, 4.69) is 5.32 Å². The van der Waals surface area contributed by atoms with Gasteiger partial charge in [-0.05, 0) is 67.6 Å². The molecule has 36 heavy (non-hydrogen) atoms. The topological polar surface area (TPSA) is 63.8 Å². The number of furan rings is 1. The molecule has 0 saturated carbocycles. The lowest BCUT2D eigenvalue weighted by Crippen LogP contribution is -2.23. The molecule has 1 aliphatic rings. The highest BCUT2D eigenvalue weighted by Crippen LogP contribution is 2.40. The van der Waals surface area contributed by atoms with Gasteiger partial charge in [0.1, 0.15) is 23.1 Å². The summed E-state index contributed by atoms with van der Waals surface area (Å²) in [5, 5.41) is 4.85. The van der Waals surface area contributed by atoms with Crippen LogP contribution in [0.5, 0.6) is 5.75 Å². The summed E-state index contributed by atoms with van der Waals surface area (Å²) >= 11 is 13.9. The van der Waals surface area contributed by atoms with Crippen LogP contribution >= 0.6 is 34.5 Å². The normalized spacial score (nSPS) is 13.1. The fraction of sp³-hybridized carbons (Fsp3) is 0.214. The van der Waals surface area contributed by atoms with Crippen LogP contribution in [-0.4, -0.2) is 12.1 Å². The average Bonchev–Trinajstić information content (AvgIpc) is 3.54. The molecule has 0 atom stereocenters. The van der Waals surface area contributed by atoms with E-state index in [1.165, 1.54) is 4.88 Å². The average molecular weight is 539 g/mol. The highest BCUT2D eigenvalue weighted by molar-refractivity contribution is 7.16. The number of nitrogens with one attached hydrogen (secondary N) is 1. The number of ether oxygens (including phenoxy) is 1. The van der Waals surface area contributed by atoms with Crippen LogP contribution in [0.4, 0.5) is 5.00 Å². The number of rotatable bonds is 8. The van der Waals surface area contributed by atoms with Gasteiger partial charge in [0.05, 0.1) is 18.4 Å². The van der Waals surface area contributed by atoms with Gasteiger partial charge in [-0.25, -0.2) is 4.99 Å². The summed E-state index contributed by atoms with van der Waals surface area (Å²) in [5.41, 5.74) is 3.45. The number of hydrogen-bond acceptors (Lipinski definition) is 5. The Kier molecular flexibility index (Phi) is 7.75. The fourth-order valence-corrected chi connectivity index (χ4v) is 5.88. The summed E-state index contributed by atoms with van der Waals surface area (Å²) in [6.45, 7) is 0.637. The number of fused-ring (bicyclic) bond motifs is 1. The number of thiophene rings is 1. The Labute approximate surface area is 223 Å². The van der Waals surface area contributed by atoms with Crippen molar-refractivity contribution >= 4 is 51.7 Å². The van der Waals surface area contributed by atoms with E-state index in [1.807, 2.05) is 42.5 Å². The van der Waals surface area contributed by atoms with Crippen molar-refractivity contribution in [3.63, 3.8) is 0 Å². The van der Waals surface area contributed by atoms with Crippen molar-refractivity contribution in [1.29, 1.82) is 0 Å². The van der Waals surface area contributed by atoms with Crippen molar-refractivity contribution < 1.29 is 13.9 Å². The zero-order valence-corrected chi connectivity index (χ0v) is 21.8. The molecule has 0 radical (unpaired) electrons. The van der Waals surface area contributed by atoms with E-state index < -0.39 is 0 Å². The van der Waals surface area contributed by atoms with Gasteiger partial charge in [0.15, 0.2) is 0 Å². The lowest BCUT2D eigenvalue weighted by Gasteiger charge is -2.12. The summed E-state index contributed by atoms with van der Waals surface area (Å²) in [7, 11) is 0. The number of aryl methyl sites for hydroxylation is 1. The smallest absolute Gasteiger partial charge is 0.255 e. The molecule has 5 rings (SSSR count). The SMILES string of the molecule is O=C(NCc1ccco1)c1c(N=Cc2ccccc2OCc2ccc(Cl)cc2Cl)sc2c1CCCC2. The van der Waals surface area contributed by atoms with E-state index in [4.69, 9.17) is 37.3 Å². The third kappa shape index (κ3) is 5.67. The van der Waals surface area contributed by atoms with E-state index in [0.29, 0.717) is 40.3 Å². The predicted molar refractivity (Wildman–Crippen MR) is 145 cm³/mol. The van der Waals surface area contributed by atoms with Crippen molar-refractivity contribution in [2.45, 2.75) is 38.8 Å². The molecule has 184 valence electrons. The predicted octanol–water partition coefficient (Wildman–Crippen LogP) is 7.79. The Hall–Kier alpha value is -3.06. The van der Waals surface area contributed by atoms with Crippen LogP contribution in [-0.2, 0) is 26.0 Å². The second-order valence-electron chi connectivity index (χ2n) is 8.47. The summed E-state index contributed by atoms with van der Waals surface area (Å²) in [4.78, 5) is 19.2. The van der Waals surface area contributed by atoms with Gasteiger partial charge in [-0.1, -0.05) is 41.4 Å². The molecule has 0 bridgehead atoms. The highest BCUT2D eigenvalue weighted by atomic mass is 35.5. The first kappa shape index (κ1) is 24.6. The highest BCUT2D eigenvalue weighted by Gasteiger charge is 2.25. The Morgan fingerprint density at radius 1 is 1.11 bits per heavy atom. The van der Waals surface area contributed by atoms with Crippen LogP contribution in [0.2, 0.25) is 10.0 Å². The van der Waals surface area contributed by atoms with E-state index in [9.17, 15) is 4.79 Å². The van der Waals surface area contributed by atoms with Crippen LogP contribution in [0.25, 0.3) is 0 Å². The maximum Gasteiger partial charge on any atom is 0.255 e. The Morgan fingerprint density at radius 2 is 1.97 bits per heavy atom. The molecule has 5 nitrogen and oxygen atoms in total. The molecule has 1 N–H and O–H groups in total. The van der Waals surface area contributed by atoms with Crippen LogP contribution in [0.15, 0.2) is 70.3 Å². The molecule has 2 aromatic heterocycles. The fourth-order valence-electron chi connectivity index (χ4n) is 4.19. The van der Waals surface area contributed by atoms with Gasteiger partial charge in [0, 0.05) is 32.3 Å². The first-order valence-electron chi connectivity index (χ1n) is 11.7. The summed E-state index contributed by atoms with van der Waals surface area (Å²) in [6.07, 6.45) is 7.45. The summed E-state index contributed by atoms with van der Waals surface area (Å²) in [5.74, 6) is 1.27. The van der Waals surface area contributed by atoms with Gasteiger partial charge >= 0.3 is 0 Å². The molecule has 1 amide bonds. The molecule has 0 spiro atoms. The second kappa shape index (κ2) is 11.3. The lowest BCUT2D eigenvalue weighted by molar-refractivity contribution is 0.0948. The zero-order valence-electron chi connectivity index (χ0n) is 19.4. The summed E-state index contributed by atoms with van der Waals surface area (Å²) in [6, 6.07) is 16.7. The number of amides is 1. The second-order valence-corrected chi connectivity index (χ2v) is 10.4. The number of aliphatic imine (C=N–C) groups is 1. The summed E-state index contributed by atoms with van der Waals surface area (Å²) < 4.78 is 11.4. The van der Waals surface area contributed by atoms with Crippen molar-refractivity contribution in [3.05, 3.63) is 104 Å². The van der Waals surface area contributed by atoms with Gasteiger partial charge in [0.2, 0.25) is 0 Å². The minimum atomic E-state index is -0.125. The number of carbonyl (C=O) groups excluding carboxylic acids is 1. The largest absolute Gasteiger partial charge is 0.488 e. The number of halogens is 2. The standard InChI is InChI=1S/C28H24Cl2N2O3S/c29-20-12-11-19(23(30)14-20)17-35-24-9-3-1-6-18(24)15-32-28-26(22-8-2-4-10-25(22)36-28)27(33)31-16-21-7-5-13-34-21/h1,3,5-7,9,11-15H,2,4,8,10,16-17H2,(H,31,33). The third-order valence-corrected chi connectivity index (χ3v) is 7.81. The monoisotopic (exact) mass is 538 g/mol. The molecule has 0 aliphatic heterocycles.